The van der Waals surface area contributed by atoms with Crippen LogP contribution in [0, 0.1) is 0 Å². The normalized spacial score (nSPS) is 13.9. The van der Waals surface area contributed by atoms with E-state index < -0.39 is 17.8 Å². The Labute approximate surface area is 113 Å². The molecule has 0 atom stereocenters. The third-order valence-electron chi connectivity index (χ3n) is 2.53. The van der Waals surface area contributed by atoms with Crippen molar-refractivity contribution in [1.82, 2.24) is 9.97 Å². The van der Waals surface area contributed by atoms with Crippen molar-refractivity contribution in [2.24, 2.45) is 10.2 Å². The monoisotopic (exact) mass is 275 g/mol. The van der Waals surface area contributed by atoms with Gasteiger partial charge in [0.25, 0.3) is 11.8 Å². The summed E-state index contributed by atoms with van der Waals surface area (Å²) >= 11 is 0. The molecule has 0 bridgehead atoms. The molecule has 102 valence electrons. The molecule has 8 heteroatoms. The number of imide groups is 1. The minimum absolute atomic E-state index is 0.0615. The van der Waals surface area contributed by atoms with Crippen molar-refractivity contribution in [3.05, 3.63) is 29.8 Å². The number of rotatable bonds is 3. The summed E-state index contributed by atoms with van der Waals surface area (Å²) in [5.41, 5.74) is 0.713. The number of hydrogen-bond acceptors (Lipinski definition) is 6. The first-order valence-electron chi connectivity index (χ1n) is 5.80. The highest BCUT2D eigenvalue weighted by Gasteiger charge is 2.33. The molecular formula is C12H11N4O4+. The fourth-order valence-corrected chi connectivity index (χ4v) is 1.55. The topological polar surface area (TPSA) is 102 Å². The fraction of sp³-hybridized carbons (Fsp3) is 0.250. The molecule has 0 unspecified atom stereocenters. The van der Waals surface area contributed by atoms with Crippen molar-refractivity contribution < 1.29 is 19.2 Å². The standard InChI is InChI=1S/C12H11N4O4/c1-13-15-14-9-4-2-8(3-5-9)12(19)20-16-10(17)6-7-11(16)18/h2-5H,6-7H2,1H3/q+1. The highest BCUT2D eigenvalue weighted by molar-refractivity contribution is 6.02. The summed E-state index contributed by atoms with van der Waals surface area (Å²) in [6, 6.07) is 5.99. The zero-order valence-electron chi connectivity index (χ0n) is 10.6. The lowest BCUT2D eigenvalue weighted by Gasteiger charge is -2.12. The van der Waals surface area contributed by atoms with Gasteiger partial charge in [0.2, 0.25) is 4.91 Å². The van der Waals surface area contributed by atoms with E-state index in [9.17, 15) is 14.4 Å². The number of amides is 2. The SMILES string of the molecule is CN=[N+]=Nc1ccc(C(=O)ON2C(=O)CCC2=O)cc1. The second-order valence-electron chi connectivity index (χ2n) is 3.90. The number of hydroxylamine groups is 2. The van der Waals surface area contributed by atoms with Crippen LogP contribution >= 0.6 is 0 Å². The molecule has 1 aromatic rings. The van der Waals surface area contributed by atoms with Gasteiger partial charge in [0.05, 0.1) is 5.56 Å². The first-order valence-corrected chi connectivity index (χ1v) is 5.80. The van der Waals surface area contributed by atoms with Gasteiger partial charge in [-0.1, -0.05) is 0 Å². The van der Waals surface area contributed by atoms with E-state index in [0.29, 0.717) is 10.8 Å². The molecule has 1 saturated heterocycles. The molecule has 1 heterocycles. The van der Waals surface area contributed by atoms with Crippen molar-refractivity contribution >= 4 is 23.5 Å². The minimum Gasteiger partial charge on any atom is -0.325 e. The van der Waals surface area contributed by atoms with Gasteiger partial charge in [0, 0.05) is 12.8 Å². The van der Waals surface area contributed by atoms with Gasteiger partial charge in [-0.05, 0) is 24.3 Å². The zero-order chi connectivity index (χ0) is 14.5. The Hall–Kier alpha value is -2.86. The van der Waals surface area contributed by atoms with Gasteiger partial charge in [-0.25, -0.2) is 4.79 Å². The van der Waals surface area contributed by atoms with Crippen molar-refractivity contribution in [2.75, 3.05) is 7.05 Å². The number of carbonyl (C=O) groups excluding carboxylic acids is 3. The largest absolute Gasteiger partial charge is 0.363 e. The summed E-state index contributed by atoms with van der Waals surface area (Å²) in [6.45, 7) is 0. The van der Waals surface area contributed by atoms with Gasteiger partial charge in [-0.2, -0.15) is 0 Å². The Kier molecular flexibility index (Phi) is 3.97. The average Bonchev–Trinajstić information content (AvgIpc) is 2.77. The van der Waals surface area contributed by atoms with Gasteiger partial charge < -0.3 is 4.84 Å². The van der Waals surface area contributed by atoms with Crippen molar-refractivity contribution in [3.63, 3.8) is 0 Å². The summed E-state index contributed by atoms with van der Waals surface area (Å²) in [7, 11) is 1.49. The lowest BCUT2D eigenvalue weighted by Crippen LogP contribution is -2.32. The molecule has 2 rings (SSSR count). The van der Waals surface area contributed by atoms with E-state index in [4.69, 9.17) is 4.84 Å². The quantitative estimate of drug-likeness (QED) is 0.468. The molecule has 0 aliphatic carbocycles. The van der Waals surface area contributed by atoms with Crippen LogP contribution in [-0.2, 0) is 14.4 Å². The van der Waals surface area contributed by atoms with Crippen LogP contribution in [0.1, 0.15) is 23.2 Å². The lowest BCUT2D eigenvalue weighted by molar-refractivity contribution is -0.172. The number of hydrogen-bond donors (Lipinski definition) is 0. The van der Waals surface area contributed by atoms with E-state index in [2.05, 4.69) is 15.1 Å². The van der Waals surface area contributed by atoms with E-state index in [0.717, 1.165) is 0 Å². The molecule has 1 aliphatic rings. The predicted molar refractivity (Wildman–Crippen MR) is 65.5 cm³/mol. The summed E-state index contributed by atoms with van der Waals surface area (Å²) < 4.78 is 0. The second kappa shape index (κ2) is 5.85. The smallest absolute Gasteiger partial charge is 0.325 e. The van der Waals surface area contributed by atoms with Crippen LogP contribution in [0.5, 0.6) is 0 Å². The van der Waals surface area contributed by atoms with Crippen LogP contribution in [0.15, 0.2) is 34.5 Å². The van der Waals surface area contributed by atoms with Crippen molar-refractivity contribution in [3.8, 4) is 0 Å². The van der Waals surface area contributed by atoms with E-state index in [-0.39, 0.29) is 18.4 Å². The van der Waals surface area contributed by atoms with Crippen LogP contribution in [0.2, 0.25) is 0 Å². The van der Waals surface area contributed by atoms with Gasteiger partial charge >= 0.3 is 5.97 Å². The summed E-state index contributed by atoms with van der Waals surface area (Å²) in [6.07, 6.45) is 0.123. The maximum absolute atomic E-state index is 11.8. The molecule has 8 nitrogen and oxygen atoms in total. The maximum atomic E-state index is 11.8. The Morgan fingerprint density at radius 1 is 1.20 bits per heavy atom. The second-order valence-corrected chi connectivity index (χ2v) is 3.90. The predicted octanol–water partition coefficient (Wildman–Crippen LogP) is 1.14. The third kappa shape index (κ3) is 2.93. The zero-order valence-corrected chi connectivity index (χ0v) is 10.6. The molecular weight excluding hydrogens is 264 g/mol. The maximum Gasteiger partial charge on any atom is 0.363 e. The molecule has 2 amide bonds. The average molecular weight is 275 g/mol. The third-order valence-corrected chi connectivity index (χ3v) is 2.53. The highest BCUT2D eigenvalue weighted by Crippen LogP contribution is 2.16. The molecule has 1 aromatic carbocycles. The minimum atomic E-state index is -0.780. The number of benzene rings is 1. The van der Waals surface area contributed by atoms with Crippen LogP contribution in [0.25, 0.3) is 0 Å². The molecule has 1 fully saturated rings. The van der Waals surface area contributed by atoms with Crippen LogP contribution < -0.4 is 4.91 Å². The Bertz CT molecular complexity index is 601. The van der Waals surface area contributed by atoms with Crippen LogP contribution in [0.3, 0.4) is 0 Å². The van der Waals surface area contributed by atoms with E-state index in [1.165, 1.54) is 19.2 Å². The summed E-state index contributed by atoms with van der Waals surface area (Å²) in [5, 5.41) is 7.70. The molecule has 1 aliphatic heterocycles. The molecule has 0 radical (unpaired) electrons. The fourth-order valence-electron chi connectivity index (χ4n) is 1.55. The van der Waals surface area contributed by atoms with E-state index in [1.54, 1.807) is 12.1 Å². The Morgan fingerprint density at radius 2 is 1.80 bits per heavy atom. The summed E-state index contributed by atoms with van der Waals surface area (Å²) in [5.74, 6) is -1.81. The van der Waals surface area contributed by atoms with Gasteiger partial charge in [0.15, 0.2) is 10.8 Å². The highest BCUT2D eigenvalue weighted by atomic mass is 16.7. The Balaban J connectivity index is 2.08. The van der Waals surface area contributed by atoms with Crippen LogP contribution in [-0.4, -0.2) is 29.9 Å². The first-order chi connectivity index (χ1) is 9.61. The molecule has 0 N–H and O–H groups in total. The molecule has 0 saturated carbocycles. The molecule has 20 heavy (non-hydrogen) atoms. The van der Waals surface area contributed by atoms with Crippen molar-refractivity contribution in [1.29, 1.82) is 0 Å². The van der Waals surface area contributed by atoms with Gasteiger partial charge in [-0.3, -0.25) is 9.59 Å². The molecule has 0 aromatic heterocycles. The summed E-state index contributed by atoms with van der Waals surface area (Å²) in [4.78, 5) is 42.6. The van der Waals surface area contributed by atoms with E-state index >= 15 is 0 Å². The van der Waals surface area contributed by atoms with Gasteiger partial charge in [0.1, 0.15) is 12.2 Å². The Morgan fingerprint density at radius 3 is 2.35 bits per heavy atom. The van der Waals surface area contributed by atoms with E-state index in [1.807, 2.05) is 0 Å². The first kappa shape index (κ1) is 13.6. The van der Waals surface area contributed by atoms with Crippen LogP contribution in [0.4, 0.5) is 5.69 Å². The number of carbonyl (C=O) groups is 3. The van der Waals surface area contributed by atoms with Crippen molar-refractivity contribution in [2.45, 2.75) is 12.8 Å². The molecule has 0 spiro atoms. The van der Waals surface area contributed by atoms with Gasteiger partial charge in [-0.15, -0.1) is 5.06 Å². The lowest BCUT2D eigenvalue weighted by atomic mass is 10.2. The number of nitrogens with zero attached hydrogens (tertiary/aromatic N) is 4.